The number of aromatic amines is 1. The van der Waals surface area contributed by atoms with Gasteiger partial charge < -0.3 is 101 Å². The molecule has 0 bridgehead atoms. The molecule has 12 atom stereocenters. The van der Waals surface area contributed by atoms with Crippen molar-refractivity contribution in [3.05, 3.63) is 18.2 Å². The predicted octanol–water partition coefficient (Wildman–Crippen LogP) is -6.13. The average molecular weight is 1330 g/mol. The van der Waals surface area contributed by atoms with E-state index in [0.29, 0.717) is 0 Å². The monoisotopic (exact) mass is 1330 g/mol. The molecular weight excluding hydrogens is 1230 g/mol. The number of rotatable bonds is 45. The normalized spacial score (nSPS) is 15.1. The number of H-pyrrole nitrogens is 1. The molecule has 0 saturated carbocycles. The Hall–Kier alpha value is -8.51. The van der Waals surface area contributed by atoms with Gasteiger partial charge >= 0.3 is 11.9 Å². The van der Waals surface area contributed by atoms with Crippen molar-refractivity contribution in [1.29, 1.82) is 0 Å². The molecule has 0 spiro atoms. The molecule has 22 N–H and O–H groups in total. The van der Waals surface area contributed by atoms with E-state index < -0.39 is 219 Å². The van der Waals surface area contributed by atoms with Gasteiger partial charge in [-0.05, 0) is 67.8 Å². The van der Waals surface area contributed by atoms with Crippen molar-refractivity contribution in [3.63, 3.8) is 0 Å². The number of carboxylic acids is 2. The van der Waals surface area contributed by atoms with Crippen LogP contribution in [0.15, 0.2) is 12.5 Å². The molecule has 0 radical (unpaired) electrons. The Morgan fingerprint density at radius 1 is 0.511 bits per heavy atom. The molecule has 1 aromatic rings. The maximum Gasteiger partial charge on any atom is 0.322 e. The van der Waals surface area contributed by atoms with E-state index in [9.17, 15) is 87.2 Å². The molecule has 1 aromatic heterocycles. The molecule has 0 fully saturated rings. The molecule has 0 aromatic carbocycles. The lowest BCUT2D eigenvalue weighted by atomic mass is 9.96. The second kappa shape index (κ2) is 41.8. The van der Waals surface area contributed by atoms with Gasteiger partial charge in [0.2, 0.25) is 76.8 Å². The fourth-order valence-corrected chi connectivity index (χ4v) is 9.18. The average Bonchev–Trinajstić information content (AvgIpc) is 1.49. The third kappa shape index (κ3) is 30.5. The molecule has 36 heteroatoms. The lowest BCUT2D eigenvalue weighted by Crippen LogP contribution is -2.62. The van der Waals surface area contributed by atoms with Crippen molar-refractivity contribution in [2.45, 2.75) is 186 Å². The minimum atomic E-state index is -1.79. The molecule has 0 saturated heterocycles. The van der Waals surface area contributed by atoms with Crippen LogP contribution < -0.4 is 75.7 Å². The van der Waals surface area contributed by atoms with Gasteiger partial charge in [0.15, 0.2) is 0 Å². The first-order chi connectivity index (χ1) is 43.1. The summed E-state index contributed by atoms with van der Waals surface area (Å²) < 4.78 is 0. The Morgan fingerprint density at radius 2 is 0.946 bits per heavy atom. The Morgan fingerprint density at radius 3 is 1.41 bits per heavy atom. The van der Waals surface area contributed by atoms with Crippen molar-refractivity contribution in [1.82, 2.24) is 68.5 Å². The zero-order chi connectivity index (χ0) is 70.1. The van der Waals surface area contributed by atoms with Gasteiger partial charge in [-0.2, -0.15) is 11.8 Å². The minimum absolute atomic E-state index is 0.00805. The van der Waals surface area contributed by atoms with Gasteiger partial charge in [0.05, 0.1) is 31.7 Å². The zero-order valence-corrected chi connectivity index (χ0v) is 54.0. The summed E-state index contributed by atoms with van der Waals surface area (Å²) in [5.74, 6) is -17.6. The van der Waals surface area contributed by atoms with Crippen LogP contribution in [0.4, 0.5) is 0 Å². The second-order valence-corrected chi connectivity index (χ2v) is 24.1. The third-order valence-corrected chi connectivity index (χ3v) is 14.6. The summed E-state index contributed by atoms with van der Waals surface area (Å²) >= 11 is 1.28. The summed E-state index contributed by atoms with van der Waals surface area (Å²) in [5, 5.41) is 64.7. The molecule has 0 aliphatic carbocycles. The summed E-state index contributed by atoms with van der Waals surface area (Å²) in [4.78, 5) is 206. The number of aromatic nitrogens is 2. The predicted molar refractivity (Wildman–Crippen MR) is 330 cm³/mol. The van der Waals surface area contributed by atoms with Gasteiger partial charge in [0.25, 0.3) is 0 Å². The number of hydrogen-bond donors (Lipinski definition) is 19. The van der Waals surface area contributed by atoms with Gasteiger partial charge in [-0.3, -0.25) is 71.9 Å². The quantitative estimate of drug-likeness (QED) is 0.0289. The Bertz CT molecular complexity index is 2680. The first-order valence-electron chi connectivity index (χ1n) is 29.8. The van der Waals surface area contributed by atoms with Crippen LogP contribution in [0.5, 0.6) is 0 Å². The van der Waals surface area contributed by atoms with Crippen LogP contribution in [-0.2, 0) is 78.3 Å². The number of carbonyl (C=O) groups is 15. The largest absolute Gasteiger partial charge is 0.481 e. The fraction of sp³-hybridized carbons (Fsp3) is 0.679. The number of carboxylic acid groups (broad SMARTS) is 2. The van der Waals surface area contributed by atoms with Crippen LogP contribution in [0.25, 0.3) is 0 Å². The topological polar surface area (TPSA) is 576 Å². The smallest absolute Gasteiger partial charge is 0.322 e. The molecule has 92 heavy (non-hydrogen) atoms. The van der Waals surface area contributed by atoms with Gasteiger partial charge in [-0.15, -0.1) is 0 Å². The number of nitrogens with zero attached hydrogens (tertiary/aromatic N) is 1. The van der Waals surface area contributed by atoms with Crippen molar-refractivity contribution >= 4 is 100 Å². The summed E-state index contributed by atoms with van der Waals surface area (Å²) in [6.07, 6.45) is 0.982. The van der Waals surface area contributed by atoms with Crippen molar-refractivity contribution in [3.8, 4) is 0 Å². The van der Waals surface area contributed by atoms with Crippen LogP contribution in [0.1, 0.15) is 119 Å². The molecule has 0 aliphatic heterocycles. The third-order valence-electron chi connectivity index (χ3n) is 14.0. The van der Waals surface area contributed by atoms with E-state index in [-0.39, 0.29) is 55.4 Å². The fourth-order valence-electron chi connectivity index (χ4n) is 8.70. The molecular formula is C56H94N16O19S. The number of carbonyl (C=O) groups excluding carboxylic acids is 13. The van der Waals surface area contributed by atoms with E-state index in [1.54, 1.807) is 40.9 Å². The van der Waals surface area contributed by atoms with Crippen molar-refractivity contribution in [2.24, 2.45) is 40.9 Å². The molecule has 0 unspecified atom stereocenters. The number of thioether (sulfide) groups is 1. The molecule has 1 rings (SSSR count). The van der Waals surface area contributed by atoms with Gasteiger partial charge in [0, 0.05) is 25.5 Å². The van der Waals surface area contributed by atoms with Gasteiger partial charge in [-0.25, -0.2) is 4.98 Å². The minimum Gasteiger partial charge on any atom is -0.481 e. The van der Waals surface area contributed by atoms with E-state index in [1.165, 1.54) is 45.1 Å². The van der Waals surface area contributed by atoms with Gasteiger partial charge in [0.1, 0.15) is 73.0 Å². The number of primary amides is 2. The lowest BCUT2D eigenvalue weighted by molar-refractivity contribution is -0.139. The van der Waals surface area contributed by atoms with E-state index in [4.69, 9.17) is 22.3 Å². The SMILES string of the molecule is CC[C@H](C)[C@H](NC(=O)[C@H](CCC(=O)O)NC(=O)[C@H](CO)NC(=O)[C@@H](NC(=O)[C@@H](N)CO)C(C)C)C(=O)N[C@@H](CCC(N)=O)C(=O)N[C@@H](CC(C)C)C(=O)N[C@@H](CCSC)C(=O)N[C@@H](Cc1c[nH]cn1)C(=O)N[C@@H](CC(N)=O)C(=O)N[C@@H](CC(C)C)C(=O)NCC(=O)O. The standard InChI is InChI=1S/C56H94N16O19S/c1-10-29(8)45(72-50(85)33(12-14-42(77)78)63-54(89)39(24-74)70-55(90)44(28(6)7)71-46(81)31(57)23-73)56(91)65-32(11-13-40(58)75)48(83)67-36(18-27(4)5)51(86)64-34(15-16-92-9)49(84)68-37(19-30-21-60-25-62-30)52(87)69-38(20-41(59)76)53(88)66-35(17-26(2)3)47(82)61-22-43(79)80/h21,25-29,31-39,44-45,73-74H,10-20,22-24,57H2,1-9H3,(H2,58,75)(H2,59,76)(H,60,62)(H,61,82)(H,63,89)(H,64,86)(H,65,91)(H,66,88)(H,67,83)(H,68,84)(H,69,87)(H,70,90)(H,71,81)(H,72,85)(H,77,78)(H,79,80)/t29-,31-,32-,33-,34-,35-,36-,37-,38-,39-,44-,45-/m0/s1. The maximum absolute atomic E-state index is 14.4. The summed E-state index contributed by atoms with van der Waals surface area (Å²) in [5.41, 5.74) is 16.7. The first-order valence-corrected chi connectivity index (χ1v) is 31.2. The molecule has 0 aliphatic rings. The number of hydrogen-bond acceptors (Lipinski definition) is 20. The molecule has 35 nitrogen and oxygen atoms in total. The number of aliphatic hydroxyl groups is 2. The Kier molecular flexibility index (Phi) is 37.0. The van der Waals surface area contributed by atoms with Crippen LogP contribution in [0.2, 0.25) is 0 Å². The van der Waals surface area contributed by atoms with E-state index in [1.807, 2.05) is 0 Å². The highest BCUT2D eigenvalue weighted by atomic mass is 32.2. The number of imidazole rings is 1. The number of nitrogens with two attached hydrogens (primary N) is 3. The zero-order valence-electron chi connectivity index (χ0n) is 53.2. The molecule has 518 valence electrons. The second-order valence-electron chi connectivity index (χ2n) is 23.1. The summed E-state index contributed by atoms with van der Waals surface area (Å²) in [6, 6.07) is -17.1. The number of aliphatic hydroxyl groups excluding tert-OH is 2. The molecule has 1 heterocycles. The highest BCUT2D eigenvalue weighted by molar-refractivity contribution is 7.98. The van der Waals surface area contributed by atoms with Crippen molar-refractivity contribution in [2.75, 3.05) is 31.8 Å². The Balaban J connectivity index is 3.64. The lowest BCUT2D eigenvalue weighted by Gasteiger charge is -2.30. The highest BCUT2D eigenvalue weighted by Crippen LogP contribution is 2.15. The van der Waals surface area contributed by atoms with Crippen LogP contribution in [0.3, 0.4) is 0 Å². The number of aliphatic carboxylic acids is 2. The maximum atomic E-state index is 14.4. The number of amides is 13. The van der Waals surface area contributed by atoms with E-state index in [2.05, 4.69) is 68.5 Å². The van der Waals surface area contributed by atoms with Crippen molar-refractivity contribution < 1.29 is 92.3 Å². The Labute approximate surface area is 536 Å². The van der Waals surface area contributed by atoms with Gasteiger partial charge in [-0.1, -0.05) is 61.8 Å². The van der Waals surface area contributed by atoms with Crippen LogP contribution in [-0.4, -0.2) is 217 Å². The van der Waals surface area contributed by atoms with E-state index >= 15 is 0 Å². The first kappa shape index (κ1) is 81.5. The summed E-state index contributed by atoms with van der Waals surface area (Å²) in [7, 11) is 0. The molecule has 13 amide bonds. The van der Waals surface area contributed by atoms with E-state index in [0.717, 1.165) is 0 Å². The summed E-state index contributed by atoms with van der Waals surface area (Å²) in [6.45, 7) is 10.5. The van der Waals surface area contributed by atoms with Crippen LogP contribution >= 0.6 is 11.8 Å². The highest BCUT2D eigenvalue weighted by Gasteiger charge is 2.38. The van der Waals surface area contributed by atoms with Crippen LogP contribution in [0, 0.1) is 23.7 Å². The number of nitrogens with one attached hydrogen (secondary N) is 12.